The molecular formula is C31H28O4. The van der Waals surface area contributed by atoms with E-state index in [0.29, 0.717) is 12.2 Å². The summed E-state index contributed by atoms with van der Waals surface area (Å²) in [7, 11) is 1.62. The molecule has 0 N–H and O–H groups in total. The molecule has 0 spiro atoms. The summed E-state index contributed by atoms with van der Waals surface area (Å²) in [5.41, 5.74) is 2.64. The van der Waals surface area contributed by atoms with E-state index in [1.807, 2.05) is 54.6 Å². The molecule has 0 aliphatic heterocycles. The number of methoxy groups -OCH3 is 1. The van der Waals surface area contributed by atoms with E-state index < -0.39 is 12.1 Å². The normalized spacial score (nSPS) is 16.5. The number of hydrogen-bond donors (Lipinski definition) is 0. The summed E-state index contributed by atoms with van der Waals surface area (Å²) in [5, 5.41) is 2.25. The van der Waals surface area contributed by atoms with Crippen LogP contribution in [0.1, 0.15) is 36.8 Å². The summed E-state index contributed by atoms with van der Waals surface area (Å²) in [4.78, 5) is 12.7. The van der Waals surface area contributed by atoms with Crippen LogP contribution in [0.5, 0.6) is 5.75 Å². The molecule has 4 rings (SSSR count). The molecule has 0 amide bonds. The second-order valence-corrected chi connectivity index (χ2v) is 8.21. The van der Waals surface area contributed by atoms with Crippen LogP contribution in [0, 0.1) is 23.7 Å². The molecule has 176 valence electrons. The third-order valence-corrected chi connectivity index (χ3v) is 5.63. The summed E-state index contributed by atoms with van der Waals surface area (Å²) in [6, 6.07) is 21.8. The SMILES string of the molecule is COc1ccc(COCC(=O)OC2C#CCCCCC#CC2=Cc2cccc3ccccc23)cc1. The van der Waals surface area contributed by atoms with Crippen molar-refractivity contribution in [1.82, 2.24) is 0 Å². The maximum atomic E-state index is 12.7. The van der Waals surface area contributed by atoms with Gasteiger partial charge in [-0.05, 0) is 52.9 Å². The van der Waals surface area contributed by atoms with E-state index in [1.54, 1.807) is 7.11 Å². The first kappa shape index (κ1) is 24.1. The van der Waals surface area contributed by atoms with E-state index in [0.717, 1.165) is 53.3 Å². The molecule has 3 aromatic carbocycles. The van der Waals surface area contributed by atoms with E-state index in [1.165, 1.54) is 0 Å². The number of hydrogen-bond acceptors (Lipinski definition) is 4. The molecule has 3 aromatic rings. The number of benzene rings is 3. The van der Waals surface area contributed by atoms with Crippen molar-refractivity contribution >= 4 is 22.8 Å². The van der Waals surface area contributed by atoms with E-state index >= 15 is 0 Å². The molecule has 4 heteroatoms. The Hall–Kier alpha value is -3.99. The van der Waals surface area contributed by atoms with E-state index in [-0.39, 0.29) is 6.61 Å². The van der Waals surface area contributed by atoms with Crippen LogP contribution >= 0.6 is 0 Å². The summed E-state index contributed by atoms with van der Waals surface area (Å²) in [5.74, 6) is 13.1. The average molecular weight is 465 g/mol. The number of fused-ring (bicyclic) bond motifs is 1. The Morgan fingerprint density at radius 2 is 1.74 bits per heavy atom. The van der Waals surface area contributed by atoms with Crippen molar-refractivity contribution in [2.24, 2.45) is 0 Å². The zero-order valence-corrected chi connectivity index (χ0v) is 19.9. The van der Waals surface area contributed by atoms with Crippen LogP contribution in [0.15, 0.2) is 72.3 Å². The van der Waals surface area contributed by atoms with Crippen LogP contribution in [0.2, 0.25) is 0 Å². The fourth-order valence-electron chi connectivity index (χ4n) is 3.79. The Balaban J connectivity index is 1.50. The Morgan fingerprint density at radius 3 is 2.57 bits per heavy atom. The number of carbonyl (C=O) groups is 1. The molecule has 1 aliphatic carbocycles. The summed E-state index contributed by atoms with van der Waals surface area (Å²) >= 11 is 0. The molecule has 0 saturated carbocycles. The lowest BCUT2D eigenvalue weighted by Crippen LogP contribution is -2.22. The zero-order valence-electron chi connectivity index (χ0n) is 19.9. The predicted octanol–water partition coefficient (Wildman–Crippen LogP) is 5.94. The maximum absolute atomic E-state index is 12.7. The molecule has 1 atom stereocenters. The van der Waals surface area contributed by atoms with E-state index in [9.17, 15) is 4.79 Å². The monoisotopic (exact) mass is 464 g/mol. The molecule has 4 nitrogen and oxygen atoms in total. The van der Waals surface area contributed by atoms with Crippen LogP contribution in [0.4, 0.5) is 0 Å². The van der Waals surface area contributed by atoms with Gasteiger partial charge in [0.15, 0.2) is 6.10 Å². The summed E-state index contributed by atoms with van der Waals surface area (Å²) in [6.45, 7) is 0.132. The van der Waals surface area contributed by atoms with Crippen LogP contribution < -0.4 is 4.74 Å². The first-order valence-electron chi connectivity index (χ1n) is 11.8. The van der Waals surface area contributed by atoms with Crippen molar-refractivity contribution in [3.63, 3.8) is 0 Å². The molecular weight excluding hydrogens is 436 g/mol. The molecule has 0 heterocycles. The number of rotatable bonds is 7. The third-order valence-electron chi connectivity index (χ3n) is 5.63. The molecule has 0 saturated heterocycles. The van der Waals surface area contributed by atoms with Gasteiger partial charge in [0, 0.05) is 12.8 Å². The van der Waals surface area contributed by atoms with Crippen LogP contribution in [0.25, 0.3) is 16.8 Å². The maximum Gasteiger partial charge on any atom is 0.333 e. The van der Waals surface area contributed by atoms with Gasteiger partial charge in [-0.25, -0.2) is 4.79 Å². The van der Waals surface area contributed by atoms with Gasteiger partial charge in [-0.1, -0.05) is 78.3 Å². The van der Waals surface area contributed by atoms with Crippen LogP contribution in [-0.2, 0) is 20.9 Å². The van der Waals surface area contributed by atoms with Gasteiger partial charge in [-0.3, -0.25) is 0 Å². The minimum atomic E-state index is -0.739. The van der Waals surface area contributed by atoms with Crippen LogP contribution in [0.3, 0.4) is 0 Å². The van der Waals surface area contributed by atoms with E-state index in [2.05, 4.69) is 41.9 Å². The fourth-order valence-corrected chi connectivity index (χ4v) is 3.79. The van der Waals surface area contributed by atoms with E-state index in [4.69, 9.17) is 14.2 Å². The van der Waals surface area contributed by atoms with Crippen molar-refractivity contribution in [3.8, 4) is 29.4 Å². The van der Waals surface area contributed by atoms with Gasteiger partial charge >= 0.3 is 5.97 Å². The highest BCUT2D eigenvalue weighted by Crippen LogP contribution is 2.22. The Labute approximate surface area is 206 Å². The quantitative estimate of drug-likeness (QED) is 0.321. The molecule has 1 aliphatic rings. The third kappa shape index (κ3) is 7.00. The first-order chi connectivity index (χ1) is 17.2. The molecule has 0 aromatic heterocycles. The van der Waals surface area contributed by atoms with Gasteiger partial charge in [0.25, 0.3) is 0 Å². The van der Waals surface area contributed by atoms with Gasteiger partial charge in [0.1, 0.15) is 12.4 Å². The molecule has 0 fully saturated rings. The first-order valence-corrected chi connectivity index (χ1v) is 11.8. The van der Waals surface area contributed by atoms with Crippen molar-refractivity contribution < 1.29 is 19.0 Å². The zero-order chi connectivity index (χ0) is 24.3. The number of carbonyl (C=O) groups excluding carboxylic acids is 1. The predicted molar refractivity (Wildman–Crippen MR) is 138 cm³/mol. The summed E-state index contributed by atoms with van der Waals surface area (Å²) < 4.78 is 16.5. The lowest BCUT2D eigenvalue weighted by Gasteiger charge is -2.14. The standard InChI is InChI=1S/C31H28O4/c1-33-28-19-17-24(18-20-28)22-34-23-31(32)35-30-16-7-5-3-2-4-6-12-27(30)21-26-14-10-13-25-11-8-9-15-29(25)26/h8-11,13-15,17-21,30H,2-5,22-23H2,1H3. The fraction of sp³-hybridized carbons (Fsp3) is 0.258. The molecule has 35 heavy (non-hydrogen) atoms. The largest absolute Gasteiger partial charge is 0.497 e. The Morgan fingerprint density at radius 1 is 0.971 bits per heavy atom. The van der Waals surface area contributed by atoms with Gasteiger partial charge in [-0.2, -0.15) is 0 Å². The Bertz CT molecular complexity index is 1310. The number of ether oxygens (including phenoxy) is 3. The van der Waals surface area contributed by atoms with Crippen molar-refractivity contribution in [2.75, 3.05) is 13.7 Å². The molecule has 0 bridgehead atoms. The lowest BCUT2D eigenvalue weighted by molar-refractivity contribution is -0.150. The highest BCUT2D eigenvalue weighted by Gasteiger charge is 2.17. The minimum Gasteiger partial charge on any atom is -0.497 e. The van der Waals surface area contributed by atoms with Gasteiger partial charge in [0.2, 0.25) is 0 Å². The molecule has 0 radical (unpaired) electrons. The Kier molecular flexibility index (Phi) is 8.60. The smallest absolute Gasteiger partial charge is 0.333 e. The lowest BCUT2D eigenvalue weighted by atomic mass is 10.00. The summed E-state index contributed by atoms with van der Waals surface area (Å²) in [6.07, 6.45) is 4.78. The highest BCUT2D eigenvalue weighted by atomic mass is 16.6. The topological polar surface area (TPSA) is 44.8 Å². The minimum absolute atomic E-state index is 0.167. The van der Waals surface area contributed by atoms with Crippen molar-refractivity contribution in [1.29, 1.82) is 0 Å². The second-order valence-electron chi connectivity index (χ2n) is 8.21. The van der Waals surface area contributed by atoms with Gasteiger partial charge in [0.05, 0.1) is 19.3 Å². The van der Waals surface area contributed by atoms with Gasteiger partial charge in [-0.15, -0.1) is 0 Å². The number of esters is 1. The molecule has 1 unspecified atom stereocenters. The van der Waals surface area contributed by atoms with Gasteiger partial charge < -0.3 is 14.2 Å². The average Bonchev–Trinajstić information content (AvgIpc) is 2.89. The van der Waals surface area contributed by atoms with Crippen LogP contribution in [-0.4, -0.2) is 25.8 Å². The highest BCUT2D eigenvalue weighted by molar-refractivity contribution is 5.91. The second kappa shape index (κ2) is 12.5. The van der Waals surface area contributed by atoms with Crippen molar-refractivity contribution in [3.05, 3.63) is 83.4 Å². The van der Waals surface area contributed by atoms with Crippen molar-refractivity contribution in [2.45, 2.75) is 38.4 Å².